The Morgan fingerprint density at radius 3 is 2.84 bits per heavy atom. The van der Waals surface area contributed by atoms with E-state index in [0.717, 1.165) is 6.61 Å². The van der Waals surface area contributed by atoms with Crippen LogP contribution in [0.2, 0.25) is 0 Å². The first kappa shape index (κ1) is 13.0. The zero-order chi connectivity index (χ0) is 13.6. The highest BCUT2D eigenvalue weighted by Gasteiger charge is 2.57. The Kier molecular flexibility index (Phi) is 3.09. The maximum atomic E-state index is 5.97. The molecular formula is C17H25NO. The second kappa shape index (κ2) is 4.52. The molecule has 0 aromatic heterocycles. The maximum absolute atomic E-state index is 5.97. The van der Waals surface area contributed by atoms with E-state index in [4.69, 9.17) is 4.74 Å². The Balaban J connectivity index is 1.81. The predicted molar refractivity (Wildman–Crippen MR) is 79.6 cm³/mol. The molecule has 104 valence electrons. The Labute approximate surface area is 116 Å². The summed E-state index contributed by atoms with van der Waals surface area (Å²) in [5, 5.41) is 3.80. The van der Waals surface area contributed by atoms with E-state index in [1.165, 1.54) is 29.7 Å². The van der Waals surface area contributed by atoms with Gasteiger partial charge in [-0.25, -0.2) is 0 Å². The van der Waals surface area contributed by atoms with Gasteiger partial charge in [0.1, 0.15) is 0 Å². The minimum Gasteiger partial charge on any atom is -0.381 e. The molecule has 1 saturated carbocycles. The molecule has 1 aromatic carbocycles. The highest BCUT2D eigenvalue weighted by atomic mass is 16.5. The zero-order valence-corrected chi connectivity index (χ0v) is 12.5. The van der Waals surface area contributed by atoms with E-state index in [9.17, 15) is 0 Å². The molecule has 1 N–H and O–H groups in total. The van der Waals surface area contributed by atoms with Crippen molar-refractivity contribution in [1.82, 2.24) is 0 Å². The van der Waals surface area contributed by atoms with Gasteiger partial charge in [0, 0.05) is 29.7 Å². The number of rotatable bonds is 2. The Hall–Kier alpha value is -1.02. The monoisotopic (exact) mass is 259 g/mol. The van der Waals surface area contributed by atoms with Gasteiger partial charge in [0.25, 0.3) is 0 Å². The van der Waals surface area contributed by atoms with Crippen LogP contribution in [0.3, 0.4) is 0 Å². The lowest BCUT2D eigenvalue weighted by Gasteiger charge is -2.60. The van der Waals surface area contributed by atoms with E-state index in [-0.39, 0.29) is 5.41 Å². The lowest BCUT2D eigenvalue weighted by molar-refractivity contribution is -0.177. The number of fused-ring (bicyclic) bond motifs is 1. The van der Waals surface area contributed by atoms with E-state index < -0.39 is 0 Å². The van der Waals surface area contributed by atoms with Crippen LogP contribution in [0.1, 0.15) is 37.8 Å². The van der Waals surface area contributed by atoms with Crippen molar-refractivity contribution in [3.8, 4) is 0 Å². The first-order valence-electron chi connectivity index (χ1n) is 7.46. The van der Waals surface area contributed by atoms with Gasteiger partial charge >= 0.3 is 0 Å². The van der Waals surface area contributed by atoms with Crippen LogP contribution in [0, 0.1) is 25.2 Å². The third kappa shape index (κ3) is 1.97. The van der Waals surface area contributed by atoms with Gasteiger partial charge in [-0.15, -0.1) is 0 Å². The van der Waals surface area contributed by atoms with Gasteiger partial charge in [-0.2, -0.15) is 0 Å². The number of ether oxygens (including phenoxy) is 1. The molecule has 1 heterocycles. The van der Waals surface area contributed by atoms with Crippen molar-refractivity contribution >= 4 is 5.69 Å². The fourth-order valence-electron chi connectivity index (χ4n) is 3.89. The Morgan fingerprint density at radius 1 is 1.26 bits per heavy atom. The molecule has 19 heavy (non-hydrogen) atoms. The van der Waals surface area contributed by atoms with Gasteiger partial charge < -0.3 is 10.1 Å². The van der Waals surface area contributed by atoms with Gasteiger partial charge in [0.05, 0.1) is 6.10 Å². The average Bonchev–Trinajstić information content (AvgIpc) is 2.40. The number of benzene rings is 1. The van der Waals surface area contributed by atoms with Crippen LogP contribution in [-0.4, -0.2) is 18.8 Å². The van der Waals surface area contributed by atoms with Crippen molar-refractivity contribution in [2.45, 2.75) is 52.7 Å². The van der Waals surface area contributed by atoms with Crippen molar-refractivity contribution in [3.63, 3.8) is 0 Å². The van der Waals surface area contributed by atoms with Gasteiger partial charge in [0.2, 0.25) is 0 Å². The number of hydrogen-bond donors (Lipinski definition) is 1. The van der Waals surface area contributed by atoms with Crippen molar-refractivity contribution in [2.75, 3.05) is 11.9 Å². The van der Waals surface area contributed by atoms with Crippen molar-refractivity contribution in [1.29, 1.82) is 0 Å². The largest absolute Gasteiger partial charge is 0.381 e. The van der Waals surface area contributed by atoms with Gasteiger partial charge in [-0.05, 0) is 43.9 Å². The summed E-state index contributed by atoms with van der Waals surface area (Å²) in [6, 6.07) is 7.07. The second-order valence-corrected chi connectivity index (χ2v) is 6.79. The van der Waals surface area contributed by atoms with E-state index >= 15 is 0 Å². The summed E-state index contributed by atoms with van der Waals surface area (Å²) in [6.45, 7) is 10.0. The summed E-state index contributed by atoms with van der Waals surface area (Å²) < 4.78 is 5.97. The van der Waals surface area contributed by atoms with Crippen LogP contribution in [0.4, 0.5) is 5.69 Å². The van der Waals surface area contributed by atoms with Crippen LogP contribution in [0.25, 0.3) is 0 Å². The lowest BCUT2D eigenvalue weighted by atomic mass is 9.55. The molecule has 2 aliphatic rings. The quantitative estimate of drug-likeness (QED) is 0.869. The lowest BCUT2D eigenvalue weighted by Crippen LogP contribution is -2.67. The fourth-order valence-corrected chi connectivity index (χ4v) is 3.89. The molecule has 1 aromatic rings. The molecule has 2 fully saturated rings. The molecular weight excluding hydrogens is 234 g/mol. The van der Waals surface area contributed by atoms with Crippen LogP contribution in [0.15, 0.2) is 18.2 Å². The molecule has 1 aliphatic carbocycles. The molecule has 3 atom stereocenters. The van der Waals surface area contributed by atoms with Crippen LogP contribution in [-0.2, 0) is 4.74 Å². The predicted octanol–water partition coefficient (Wildman–Crippen LogP) is 3.92. The third-order valence-electron chi connectivity index (χ3n) is 5.25. The molecule has 2 nitrogen and oxygen atoms in total. The summed E-state index contributed by atoms with van der Waals surface area (Å²) in [5.74, 6) is 0.684. The van der Waals surface area contributed by atoms with Gasteiger partial charge in [-0.3, -0.25) is 0 Å². The van der Waals surface area contributed by atoms with Crippen molar-refractivity contribution in [3.05, 3.63) is 29.3 Å². The summed E-state index contributed by atoms with van der Waals surface area (Å²) in [5.41, 5.74) is 4.26. The number of anilines is 1. The highest BCUT2D eigenvalue weighted by Crippen LogP contribution is 2.52. The normalized spacial score (nSPS) is 32.3. The molecule has 3 unspecified atom stereocenters. The summed E-state index contributed by atoms with van der Waals surface area (Å²) in [7, 11) is 0. The molecule has 2 heteroatoms. The van der Waals surface area contributed by atoms with Gasteiger partial charge in [0.15, 0.2) is 0 Å². The molecule has 3 rings (SSSR count). The van der Waals surface area contributed by atoms with Crippen LogP contribution in [0.5, 0.6) is 0 Å². The summed E-state index contributed by atoms with van der Waals surface area (Å²) in [4.78, 5) is 0. The summed E-state index contributed by atoms with van der Waals surface area (Å²) >= 11 is 0. The van der Waals surface area contributed by atoms with Crippen molar-refractivity contribution in [2.24, 2.45) is 11.3 Å². The standard InChI is InChI=1S/C17H25NO/c1-11-7-5-9-14(12(11)2)18-15-13-8-6-10-19-16(13)17(15,3)4/h5,7,9,13,15-16,18H,6,8,10H2,1-4H3. The molecule has 1 aliphatic heterocycles. The summed E-state index contributed by atoms with van der Waals surface area (Å²) in [6.07, 6.45) is 2.96. The van der Waals surface area contributed by atoms with Crippen molar-refractivity contribution < 1.29 is 4.74 Å². The minimum atomic E-state index is 0.237. The average molecular weight is 259 g/mol. The topological polar surface area (TPSA) is 21.3 Å². The smallest absolute Gasteiger partial charge is 0.0693 e. The first-order chi connectivity index (χ1) is 9.01. The first-order valence-corrected chi connectivity index (χ1v) is 7.46. The molecule has 1 saturated heterocycles. The highest BCUT2D eigenvalue weighted by molar-refractivity contribution is 5.55. The van der Waals surface area contributed by atoms with Gasteiger partial charge in [-0.1, -0.05) is 26.0 Å². The molecule has 0 bridgehead atoms. The number of nitrogens with one attached hydrogen (secondary N) is 1. The number of aryl methyl sites for hydroxylation is 1. The van der Waals surface area contributed by atoms with E-state index in [1.54, 1.807) is 0 Å². The Bertz CT molecular complexity index is 480. The second-order valence-electron chi connectivity index (χ2n) is 6.79. The fraction of sp³-hybridized carbons (Fsp3) is 0.647. The van der Waals surface area contributed by atoms with Crippen LogP contribution >= 0.6 is 0 Å². The van der Waals surface area contributed by atoms with Crippen LogP contribution < -0.4 is 5.32 Å². The van der Waals surface area contributed by atoms with E-state index in [1.807, 2.05) is 0 Å². The minimum absolute atomic E-state index is 0.237. The number of hydrogen-bond acceptors (Lipinski definition) is 2. The molecule has 0 spiro atoms. The SMILES string of the molecule is Cc1cccc(NC2C3CCCOC3C2(C)C)c1C. The molecule has 0 radical (unpaired) electrons. The third-order valence-corrected chi connectivity index (χ3v) is 5.25. The zero-order valence-electron chi connectivity index (χ0n) is 12.5. The Morgan fingerprint density at radius 2 is 2.05 bits per heavy atom. The molecule has 0 amide bonds. The maximum Gasteiger partial charge on any atom is 0.0693 e. The van der Waals surface area contributed by atoms with E-state index in [0.29, 0.717) is 18.1 Å². The van der Waals surface area contributed by atoms with E-state index in [2.05, 4.69) is 51.2 Å².